The molecule has 0 aliphatic carbocycles. The molecular formula is C25H34N2O4S. The van der Waals surface area contributed by atoms with Crippen LogP contribution in [0.5, 0.6) is 5.75 Å². The molecule has 0 spiro atoms. The molecule has 1 fully saturated rings. The Labute approximate surface area is 192 Å². The molecular weight excluding hydrogens is 424 g/mol. The van der Waals surface area contributed by atoms with Gasteiger partial charge in [-0.2, -0.15) is 4.31 Å². The molecule has 1 atom stereocenters. The van der Waals surface area contributed by atoms with Gasteiger partial charge in [-0.15, -0.1) is 0 Å². The number of nitrogens with one attached hydrogen (secondary N) is 1. The molecule has 1 heterocycles. The van der Waals surface area contributed by atoms with Crippen LogP contribution in [0.25, 0.3) is 0 Å². The molecule has 1 aliphatic heterocycles. The highest BCUT2D eigenvalue weighted by atomic mass is 32.2. The highest BCUT2D eigenvalue weighted by Gasteiger charge is 2.28. The highest BCUT2D eigenvalue weighted by Crippen LogP contribution is 2.27. The van der Waals surface area contributed by atoms with Crippen molar-refractivity contribution in [2.75, 3.05) is 20.2 Å². The predicted molar refractivity (Wildman–Crippen MR) is 126 cm³/mol. The third kappa shape index (κ3) is 5.51. The molecule has 1 saturated heterocycles. The van der Waals surface area contributed by atoms with Crippen LogP contribution >= 0.6 is 0 Å². The summed E-state index contributed by atoms with van der Waals surface area (Å²) in [6.45, 7) is 7.31. The Balaban J connectivity index is 1.70. The van der Waals surface area contributed by atoms with Gasteiger partial charge >= 0.3 is 0 Å². The monoisotopic (exact) mass is 458 g/mol. The molecule has 174 valence electrons. The zero-order chi connectivity index (χ0) is 23.3. The molecule has 1 amide bonds. The van der Waals surface area contributed by atoms with Gasteiger partial charge in [0.25, 0.3) is 0 Å². The molecule has 2 aromatic carbocycles. The van der Waals surface area contributed by atoms with Crippen LogP contribution in [-0.4, -0.2) is 38.8 Å². The van der Waals surface area contributed by atoms with Gasteiger partial charge in [0, 0.05) is 19.5 Å². The first-order valence-electron chi connectivity index (χ1n) is 11.3. The SMILES string of the molecule is CCC(NC(=O)CCc1cc(S(=O)(=O)N2CCCC2)ccc1OC)c1ccc(C)c(C)c1. The van der Waals surface area contributed by atoms with Crippen LogP contribution < -0.4 is 10.1 Å². The number of carbonyl (C=O) groups is 1. The summed E-state index contributed by atoms with van der Waals surface area (Å²) >= 11 is 0. The fraction of sp³-hybridized carbons (Fsp3) is 0.480. The third-order valence-corrected chi connectivity index (χ3v) is 8.15. The van der Waals surface area contributed by atoms with E-state index in [0.29, 0.717) is 25.3 Å². The summed E-state index contributed by atoms with van der Waals surface area (Å²) in [5.74, 6) is 0.532. The van der Waals surface area contributed by atoms with Gasteiger partial charge < -0.3 is 10.1 Å². The lowest BCUT2D eigenvalue weighted by Crippen LogP contribution is -2.29. The number of nitrogens with zero attached hydrogens (tertiary/aromatic N) is 1. The lowest BCUT2D eigenvalue weighted by Gasteiger charge is -2.19. The minimum absolute atomic E-state index is 0.0504. The number of aryl methyl sites for hydroxylation is 3. The normalized spacial score (nSPS) is 15.5. The van der Waals surface area contributed by atoms with Crippen molar-refractivity contribution >= 4 is 15.9 Å². The Morgan fingerprint density at radius 1 is 1.09 bits per heavy atom. The molecule has 0 bridgehead atoms. The summed E-state index contributed by atoms with van der Waals surface area (Å²) in [7, 11) is -1.96. The fourth-order valence-electron chi connectivity index (χ4n) is 4.11. The molecule has 7 heteroatoms. The van der Waals surface area contributed by atoms with Gasteiger partial charge in [-0.25, -0.2) is 8.42 Å². The van der Waals surface area contributed by atoms with E-state index in [1.54, 1.807) is 25.3 Å². The third-order valence-electron chi connectivity index (χ3n) is 6.25. The second-order valence-corrected chi connectivity index (χ2v) is 10.4. The van der Waals surface area contributed by atoms with Crippen LogP contribution in [0, 0.1) is 13.8 Å². The number of carbonyl (C=O) groups excluding carboxylic acids is 1. The van der Waals surface area contributed by atoms with Crippen molar-refractivity contribution in [1.82, 2.24) is 9.62 Å². The average molecular weight is 459 g/mol. The summed E-state index contributed by atoms with van der Waals surface area (Å²) < 4.78 is 32.8. The Morgan fingerprint density at radius 2 is 1.81 bits per heavy atom. The molecule has 6 nitrogen and oxygen atoms in total. The van der Waals surface area contributed by atoms with Crippen molar-refractivity contribution in [3.63, 3.8) is 0 Å². The van der Waals surface area contributed by atoms with Crippen LogP contribution in [0.3, 0.4) is 0 Å². The van der Waals surface area contributed by atoms with Crippen LogP contribution in [-0.2, 0) is 21.2 Å². The topological polar surface area (TPSA) is 75.7 Å². The molecule has 0 radical (unpaired) electrons. The number of methoxy groups -OCH3 is 1. The number of benzene rings is 2. The van der Waals surface area contributed by atoms with E-state index in [-0.39, 0.29) is 23.3 Å². The number of rotatable bonds is 9. The summed E-state index contributed by atoms with van der Waals surface area (Å²) in [6, 6.07) is 11.1. The predicted octanol–water partition coefficient (Wildman–Crippen LogP) is 4.30. The van der Waals surface area contributed by atoms with E-state index >= 15 is 0 Å². The van der Waals surface area contributed by atoms with E-state index in [0.717, 1.165) is 30.4 Å². The van der Waals surface area contributed by atoms with Crippen LogP contribution in [0.1, 0.15) is 60.9 Å². The highest BCUT2D eigenvalue weighted by molar-refractivity contribution is 7.89. The zero-order valence-corrected chi connectivity index (χ0v) is 20.3. The molecule has 2 aromatic rings. The molecule has 0 aromatic heterocycles. The minimum Gasteiger partial charge on any atom is -0.496 e. The van der Waals surface area contributed by atoms with Gasteiger partial charge in [-0.3, -0.25) is 4.79 Å². The molecule has 32 heavy (non-hydrogen) atoms. The van der Waals surface area contributed by atoms with Gasteiger partial charge in [0.15, 0.2) is 0 Å². The maximum Gasteiger partial charge on any atom is 0.243 e. The van der Waals surface area contributed by atoms with Crippen molar-refractivity contribution in [3.05, 3.63) is 58.7 Å². The Morgan fingerprint density at radius 3 is 2.44 bits per heavy atom. The maximum absolute atomic E-state index is 12.9. The second kappa shape index (κ2) is 10.5. The first kappa shape index (κ1) is 24.3. The summed E-state index contributed by atoms with van der Waals surface area (Å²) in [4.78, 5) is 13.0. The molecule has 1 unspecified atom stereocenters. The van der Waals surface area contributed by atoms with Gasteiger partial charge in [0.1, 0.15) is 5.75 Å². The standard InChI is InChI=1S/C25H34N2O4S/c1-5-23(20-9-8-18(2)19(3)16-20)26-25(28)13-10-21-17-22(11-12-24(21)31-4)32(29,30)27-14-6-7-15-27/h8-9,11-12,16-17,23H,5-7,10,13-15H2,1-4H3,(H,26,28). The number of hydrogen-bond donors (Lipinski definition) is 1. The minimum atomic E-state index is -3.51. The largest absolute Gasteiger partial charge is 0.496 e. The van der Waals surface area contributed by atoms with Gasteiger partial charge in [-0.05, 0) is 80.0 Å². The second-order valence-electron chi connectivity index (χ2n) is 8.46. The van der Waals surface area contributed by atoms with Crippen molar-refractivity contribution in [1.29, 1.82) is 0 Å². The zero-order valence-electron chi connectivity index (χ0n) is 19.5. The van der Waals surface area contributed by atoms with Crippen molar-refractivity contribution < 1.29 is 17.9 Å². The Bertz CT molecular complexity index is 1060. The number of hydrogen-bond acceptors (Lipinski definition) is 4. The summed E-state index contributed by atoms with van der Waals surface area (Å²) in [5.41, 5.74) is 4.25. The summed E-state index contributed by atoms with van der Waals surface area (Å²) in [5, 5.41) is 3.12. The van der Waals surface area contributed by atoms with E-state index in [1.165, 1.54) is 15.4 Å². The lowest BCUT2D eigenvalue weighted by atomic mass is 9.99. The van der Waals surface area contributed by atoms with Crippen molar-refractivity contribution in [2.45, 2.75) is 63.8 Å². The smallest absolute Gasteiger partial charge is 0.243 e. The number of sulfonamides is 1. The van der Waals surface area contributed by atoms with E-state index in [2.05, 4.69) is 44.3 Å². The quantitative estimate of drug-likeness (QED) is 0.608. The van der Waals surface area contributed by atoms with E-state index < -0.39 is 10.0 Å². The first-order chi connectivity index (χ1) is 15.3. The van der Waals surface area contributed by atoms with Crippen molar-refractivity contribution in [3.8, 4) is 5.75 Å². The Hall–Kier alpha value is -2.38. The van der Waals surface area contributed by atoms with Gasteiger partial charge in [0.2, 0.25) is 15.9 Å². The van der Waals surface area contributed by atoms with Gasteiger partial charge in [0.05, 0.1) is 18.0 Å². The summed E-state index contributed by atoms with van der Waals surface area (Å²) in [6.07, 6.45) is 3.23. The van der Waals surface area contributed by atoms with Gasteiger partial charge in [-0.1, -0.05) is 25.1 Å². The average Bonchev–Trinajstić information content (AvgIpc) is 3.33. The maximum atomic E-state index is 12.9. The number of ether oxygens (including phenoxy) is 1. The van der Waals surface area contributed by atoms with Crippen LogP contribution in [0.2, 0.25) is 0 Å². The molecule has 1 N–H and O–H groups in total. The lowest BCUT2D eigenvalue weighted by molar-refractivity contribution is -0.121. The van der Waals surface area contributed by atoms with E-state index in [1.807, 2.05) is 0 Å². The van der Waals surface area contributed by atoms with Crippen LogP contribution in [0.15, 0.2) is 41.3 Å². The Kier molecular flexibility index (Phi) is 7.96. The van der Waals surface area contributed by atoms with E-state index in [4.69, 9.17) is 4.74 Å². The number of amides is 1. The first-order valence-corrected chi connectivity index (χ1v) is 12.7. The fourth-order valence-corrected chi connectivity index (χ4v) is 5.67. The van der Waals surface area contributed by atoms with Crippen LogP contribution in [0.4, 0.5) is 0 Å². The molecule has 0 saturated carbocycles. The van der Waals surface area contributed by atoms with E-state index in [9.17, 15) is 13.2 Å². The molecule has 1 aliphatic rings. The molecule has 3 rings (SSSR count). The van der Waals surface area contributed by atoms with Crippen molar-refractivity contribution in [2.24, 2.45) is 0 Å².